The summed E-state index contributed by atoms with van der Waals surface area (Å²) in [5, 5.41) is 3.76. The van der Waals surface area contributed by atoms with Crippen LogP contribution in [0.1, 0.15) is 0 Å². The first-order chi connectivity index (χ1) is 6.45. The molecule has 1 N–H and O–H groups in total. The zero-order valence-electron chi connectivity index (χ0n) is 7.04. The molecule has 0 saturated carbocycles. The molecule has 0 saturated heterocycles. The van der Waals surface area contributed by atoms with Crippen molar-refractivity contribution in [2.24, 2.45) is 0 Å². The van der Waals surface area contributed by atoms with Crippen LogP contribution in [0.3, 0.4) is 0 Å². The molecule has 1 aromatic heterocycles. The third-order valence-corrected chi connectivity index (χ3v) is 2.39. The van der Waals surface area contributed by atoms with E-state index in [4.69, 9.17) is 0 Å². The van der Waals surface area contributed by atoms with Gasteiger partial charge in [0.25, 0.3) is 0 Å². The van der Waals surface area contributed by atoms with Crippen molar-refractivity contribution in [2.45, 2.75) is 0 Å². The van der Waals surface area contributed by atoms with E-state index in [0.29, 0.717) is 0 Å². The summed E-state index contributed by atoms with van der Waals surface area (Å²) in [6.45, 7) is 0. The van der Waals surface area contributed by atoms with Gasteiger partial charge in [0.05, 0.1) is 11.7 Å². The smallest absolute Gasteiger partial charge is 0.0630 e. The molecule has 13 heavy (non-hydrogen) atoms. The lowest BCUT2D eigenvalue weighted by Gasteiger charge is -1.97. The molecule has 0 aliphatic carbocycles. The normalized spacial score (nSPS) is 11.1. The van der Waals surface area contributed by atoms with Gasteiger partial charge >= 0.3 is 0 Å². The first-order valence-corrected chi connectivity index (χ1v) is 4.32. The number of rotatable bonds is 0. The van der Waals surface area contributed by atoms with E-state index in [-0.39, 0.29) is 0 Å². The molecule has 1 nitrogen and oxygen atoms in total. The average Bonchev–Trinajstić information content (AvgIpc) is 2.65. The van der Waals surface area contributed by atoms with Gasteiger partial charge in [-0.2, -0.15) is 0 Å². The Hall–Kier alpha value is -1.76. The van der Waals surface area contributed by atoms with Gasteiger partial charge in [-0.3, -0.25) is 0 Å². The van der Waals surface area contributed by atoms with Gasteiger partial charge in [-0.1, -0.05) is 36.4 Å². The predicted octanol–water partition coefficient (Wildman–Crippen LogP) is 3.12. The molecule has 1 heterocycles. The van der Waals surface area contributed by atoms with Crippen molar-refractivity contribution in [3.63, 3.8) is 0 Å². The van der Waals surface area contributed by atoms with Crippen LogP contribution in [0.25, 0.3) is 21.7 Å². The van der Waals surface area contributed by atoms with E-state index >= 15 is 0 Å². The second-order valence-electron chi connectivity index (χ2n) is 3.16. The summed E-state index contributed by atoms with van der Waals surface area (Å²) in [6.07, 6.45) is 3.00. The van der Waals surface area contributed by atoms with Crippen molar-refractivity contribution >= 4 is 21.7 Å². The molecular formula is C12H8N. The van der Waals surface area contributed by atoms with Crippen molar-refractivity contribution in [1.82, 2.24) is 4.98 Å². The Bertz CT molecular complexity index is 563. The molecule has 1 heteroatoms. The maximum atomic E-state index is 3.14. The highest BCUT2D eigenvalue weighted by Crippen LogP contribution is 2.23. The molecular weight excluding hydrogens is 158 g/mol. The average molecular weight is 166 g/mol. The maximum absolute atomic E-state index is 3.14. The van der Waals surface area contributed by atoms with Crippen LogP contribution in [0.4, 0.5) is 0 Å². The lowest BCUT2D eigenvalue weighted by atomic mass is 10.1. The van der Waals surface area contributed by atoms with Crippen LogP contribution in [0.5, 0.6) is 0 Å². The molecule has 0 amide bonds. The topological polar surface area (TPSA) is 15.8 Å². The number of benzene rings is 2. The first kappa shape index (κ1) is 6.72. The van der Waals surface area contributed by atoms with E-state index in [9.17, 15) is 0 Å². The summed E-state index contributed by atoms with van der Waals surface area (Å²) in [6, 6.07) is 14.6. The standard InChI is InChI=1S/C12H8N/c1-2-4-11-9(3-1)5-6-10-7-8-13-12(10)11/h1-7,13H. The van der Waals surface area contributed by atoms with Gasteiger partial charge in [0.2, 0.25) is 0 Å². The van der Waals surface area contributed by atoms with Gasteiger partial charge in [0.1, 0.15) is 0 Å². The van der Waals surface area contributed by atoms with Crippen molar-refractivity contribution in [3.05, 3.63) is 48.7 Å². The van der Waals surface area contributed by atoms with Crippen LogP contribution < -0.4 is 0 Å². The van der Waals surface area contributed by atoms with Crippen molar-refractivity contribution < 1.29 is 0 Å². The van der Waals surface area contributed by atoms with Gasteiger partial charge in [-0.05, 0) is 11.5 Å². The highest BCUT2D eigenvalue weighted by Gasteiger charge is 1.98. The van der Waals surface area contributed by atoms with Crippen molar-refractivity contribution in [3.8, 4) is 0 Å². The summed E-state index contributed by atoms with van der Waals surface area (Å²) >= 11 is 0. The second kappa shape index (κ2) is 2.36. The quantitative estimate of drug-likeness (QED) is 0.528. The minimum atomic E-state index is 1.18. The molecule has 3 aromatic rings. The summed E-state index contributed by atoms with van der Waals surface area (Å²) in [7, 11) is 0. The molecule has 0 bridgehead atoms. The Labute approximate surface area is 76.0 Å². The minimum Gasteiger partial charge on any atom is -0.353 e. The van der Waals surface area contributed by atoms with Crippen LogP contribution >= 0.6 is 0 Å². The number of nitrogens with one attached hydrogen (secondary N) is 1. The molecule has 2 aromatic carbocycles. The van der Waals surface area contributed by atoms with Gasteiger partial charge < -0.3 is 4.98 Å². The van der Waals surface area contributed by atoms with Crippen LogP contribution in [-0.2, 0) is 0 Å². The molecule has 0 unspecified atom stereocenters. The lowest BCUT2D eigenvalue weighted by Crippen LogP contribution is -1.73. The largest absolute Gasteiger partial charge is 0.353 e. The monoisotopic (exact) mass is 166 g/mol. The first-order valence-electron chi connectivity index (χ1n) is 4.32. The Morgan fingerprint density at radius 2 is 1.77 bits per heavy atom. The van der Waals surface area contributed by atoms with Gasteiger partial charge in [0.15, 0.2) is 0 Å². The molecule has 3 rings (SSSR count). The van der Waals surface area contributed by atoms with E-state index in [1.54, 1.807) is 0 Å². The van der Waals surface area contributed by atoms with Crippen LogP contribution in [0.2, 0.25) is 0 Å². The lowest BCUT2D eigenvalue weighted by molar-refractivity contribution is 1.47. The summed E-state index contributed by atoms with van der Waals surface area (Å²) in [5.74, 6) is 0. The Morgan fingerprint density at radius 1 is 0.923 bits per heavy atom. The molecule has 61 valence electrons. The highest BCUT2D eigenvalue weighted by molar-refractivity contribution is 6.05. The number of hydrogen-bond donors (Lipinski definition) is 1. The fraction of sp³-hybridized carbons (Fsp3) is 0. The molecule has 0 fully saturated rings. The van der Waals surface area contributed by atoms with Crippen molar-refractivity contribution in [1.29, 1.82) is 0 Å². The van der Waals surface area contributed by atoms with Crippen molar-refractivity contribution in [2.75, 3.05) is 0 Å². The molecule has 0 atom stereocenters. The molecule has 1 radical (unpaired) electrons. The maximum Gasteiger partial charge on any atom is 0.0630 e. The van der Waals surface area contributed by atoms with Crippen LogP contribution in [0.15, 0.2) is 42.5 Å². The van der Waals surface area contributed by atoms with E-state index in [1.807, 2.05) is 6.07 Å². The second-order valence-corrected chi connectivity index (χ2v) is 3.16. The third kappa shape index (κ3) is 0.872. The van der Waals surface area contributed by atoms with E-state index < -0.39 is 0 Å². The minimum absolute atomic E-state index is 1.18. The zero-order chi connectivity index (χ0) is 8.67. The molecule has 0 aliphatic heterocycles. The summed E-state index contributed by atoms with van der Waals surface area (Å²) in [4.78, 5) is 3.14. The number of fused-ring (bicyclic) bond motifs is 3. The van der Waals surface area contributed by atoms with Gasteiger partial charge in [-0.25, -0.2) is 0 Å². The Balaban J connectivity index is 2.65. The molecule has 0 aliphatic rings. The van der Waals surface area contributed by atoms with Crippen LogP contribution in [0, 0.1) is 6.20 Å². The SMILES string of the molecule is [c]1cc2ccc3ccccc3c2[nH]1. The van der Waals surface area contributed by atoms with Crippen LogP contribution in [-0.4, -0.2) is 4.98 Å². The number of aromatic nitrogens is 1. The molecule has 0 spiro atoms. The fourth-order valence-corrected chi connectivity index (χ4v) is 1.73. The summed E-state index contributed by atoms with van der Waals surface area (Å²) < 4.78 is 0. The number of aromatic amines is 1. The van der Waals surface area contributed by atoms with E-state index in [0.717, 1.165) is 0 Å². The van der Waals surface area contributed by atoms with E-state index in [1.165, 1.54) is 21.7 Å². The van der Waals surface area contributed by atoms with Gasteiger partial charge in [-0.15, -0.1) is 0 Å². The third-order valence-electron chi connectivity index (χ3n) is 2.39. The number of hydrogen-bond acceptors (Lipinski definition) is 0. The predicted molar refractivity (Wildman–Crippen MR) is 54.6 cm³/mol. The Kier molecular flexibility index (Phi) is 1.22. The van der Waals surface area contributed by atoms with E-state index in [2.05, 4.69) is 47.6 Å². The number of H-pyrrole nitrogens is 1. The Morgan fingerprint density at radius 3 is 2.77 bits per heavy atom. The van der Waals surface area contributed by atoms with Gasteiger partial charge in [0, 0.05) is 10.8 Å². The summed E-state index contributed by atoms with van der Waals surface area (Å²) in [5.41, 5.74) is 1.18. The zero-order valence-corrected chi connectivity index (χ0v) is 7.04. The fourth-order valence-electron chi connectivity index (χ4n) is 1.73. The highest BCUT2D eigenvalue weighted by atomic mass is 14.7.